The molecule has 0 bridgehead atoms. The van der Waals surface area contributed by atoms with Crippen LogP contribution in [0.2, 0.25) is 0 Å². The number of nitrogens with two attached hydrogens (primary N) is 1. The Bertz CT molecular complexity index is 636. The summed E-state index contributed by atoms with van der Waals surface area (Å²) in [5.74, 6) is 5.50. The van der Waals surface area contributed by atoms with E-state index in [1.165, 1.54) is 23.5 Å². The number of aromatic nitrogens is 3. The third-order valence-electron chi connectivity index (χ3n) is 2.63. The van der Waals surface area contributed by atoms with Gasteiger partial charge in [-0.1, -0.05) is 0 Å². The van der Waals surface area contributed by atoms with Crippen molar-refractivity contribution in [1.82, 2.24) is 14.8 Å². The van der Waals surface area contributed by atoms with Crippen molar-refractivity contribution >= 4 is 18.0 Å². The van der Waals surface area contributed by atoms with Gasteiger partial charge in [-0.25, -0.2) is 0 Å². The van der Waals surface area contributed by atoms with E-state index in [4.69, 9.17) is 5.84 Å². The largest absolute Gasteiger partial charge is 0.435 e. The summed E-state index contributed by atoms with van der Waals surface area (Å²) in [5, 5.41) is 7.09. The Hall–Kier alpha value is -2.03. The predicted octanol–water partition coefficient (Wildman–Crippen LogP) is 2.42. The lowest BCUT2D eigenvalue weighted by atomic mass is 10.2. The Labute approximate surface area is 123 Å². The number of aryl methyl sites for hydroxylation is 1. The maximum absolute atomic E-state index is 12.9. The standard InChI is InChI=1S/C12H12F3N5S/c1-20-11(21-7-8-2-4-17-5-3-8)9(6-18-16)10(19-20)12(13,14)15/h2-6H,7,16H2,1H3/b18-6+. The SMILES string of the molecule is Cn1nc(C(F)(F)F)c(/C=N/N)c1SCc1ccncc1. The minimum Gasteiger partial charge on any atom is -0.323 e. The smallest absolute Gasteiger partial charge is 0.323 e. The summed E-state index contributed by atoms with van der Waals surface area (Å²) in [6.45, 7) is 0. The molecule has 2 N–H and O–H groups in total. The van der Waals surface area contributed by atoms with Crippen molar-refractivity contribution in [2.75, 3.05) is 0 Å². The summed E-state index contributed by atoms with van der Waals surface area (Å²) in [7, 11) is 1.46. The Morgan fingerprint density at radius 1 is 1.38 bits per heavy atom. The molecule has 0 aliphatic heterocycles. The number of halogens is 3. The van der Waals surface area contributed by atoms with Gasteiger partial charge in [0.25, 0.3) is 0 Å². The second-order valence-corrected chi connectivity index (χ2v) is 5.08. The number of thioether (sulfide) groups is 1. The molecule has 0 spiro atoms. The summed E-state index contributed by atoms with van der Waals surface area (Å²) in [6.07, 6.45) is -0.320. The van der Waals surface area contributed by atoms with E-state index < -0.39 is 11.9 Å². The van der Waals surface area contributed by atoms with Gasteiger partial charge in [0.2, 0.25) is 0 Å². The lowest BCUT2D eigenvalue weighted by Gasteiger charge is -2.05. The molecule has 0 saturated carbocycles. The fourth-order valence-corrected chi connectivity index (χ4v) is 2.76. The van der Waals surface area contributed by atoms with Crippen LogP contribution in [-0.2, 0) is 19.0 Å². The van der Waals surface area contributed by atoms with Crippen molar-refractivity contribution in [3.8, 4) is 0 Å². The van der Waals surface area contributed by atoms with Crippen molar-refractivity contribution in [2.24, 2.45) is 18.0 Å². The molecule has 0 fully saturated rings. The minimum absolute atomic E-state index is 0.119. The molecule has 2 rings (SSSR count). The van der Waals surface area contributed by atoms with Crippen molar-refractivity contribution in [2.45, 2.75) is 17.0 Å². The van der Waals surface area contributed by atoms with Gasteiger partial charge >= 0.3 is 6.18 Å². The molecule has 0 unspecified atom stereocenters. The summed E-state index contributed by atoms with van der Waals surface area (Å²) in [6, 6.07) is 3.59. The molecule has 0 atom stereocenters. The zero-order chi connectivity index (χ0) is 15.5. The normalized spacial score (nSPS) is 12.2. The van der Waals surface area contributed by atoms with Gasteiger partial charge in [-0.3, -0.25) is 9.67 Å². The second-order valence-electron chi connectivity index (χ2n) is 4.11. The third kappa shape index (κ3) is 3.54. The van der Waals surface area contributed by atoms with Crippen LogP contribution in [0.5, 0.6) is 0 Å². The molecule has 0 radical (unpaired) electrons. The highest BCUT2D eigenvalue weighted by atomic mass is 32.2. The first kappa shape index (κ1) is 15.4. The molecular weight excluding hydrogens is 303 g/mol. The summed E-state index contributed by atoms with van der Waals surface area (Å²) < 4.78 is 40.0. The second kappa shape index (κ2) is 6.17. The zero-order valence-electron chi connectivity index (χ0n) is 11.0. The van der Waals surface area contributed by atoms with Crippen molar-refractivity contribution in [3.05, 3.63) is 41.3 Å². The van der Waals surface area contributed by atoms with Crippen LogP contribution in [0.3, 0.4) is 0 Å². The lowest BCUT2D eigenvalue weighted by molar-refractivity contribution is -0.141. The van der Waals surface area contributed by atoms with Gasteiger partial charge in [0.15, 0.2) is 5.69 Å². The molecule has 2 aromatic rings. The van der Waals surface area contributed by atoms with E-state index in [2.05, 4.69) is 15.2 Å². The molecular formula is C12H12F3N5S. The number of alkyl halides is 3. The molecule has 21 heavy (non-hydrogen) atoms. The van der Waals surface area contributed by atoms with E-state index in [0.717, 1.165) is 11.8 Å². The Kier molecular flexibility index (Phi) is 4.51. The first-order valence-electron chi connectivity index (χ1n) is 5.82. The Morgan fingerprint density at radius 2 is 2.05 bits per heavy atom. The predicted molar refractivity (Wildman–Crippen MR) is 73.8 cm³/mol. The van der Waals surface area contributed by atoms with Crippen LogP contribution in [0.4, 0.5) is 13.2 Å². The quantitative estimate of drug-likeness (QED) is 0.407. The van der Waals surface area contributed by atoms with Gasteiger partial charge in [-0.05, 0) is 17.7 Å². The molecule has 0 saturated heterocycles. The highest BCUT2D eigenvalue weighted by Gasteiger charge is 2.38. The van der Waals surface area contributed by atoms with E-state index >= 15 is 0 Å². The molecule has 0 aliphatic rings. The lowest BCUT2D eigenvalue weighted by Crippen LogP contribution is -2.09. The first-order chi connectivity index (χ1) is 9.93. The van der Waals surface area contributed by atoms with Crippen molar-refractivity contribution < 1.29 is 13.2 Å². The van der Waals surface area contributed by atoms with Crippen LogP contribution in [0.1, 0.15) is 16.8 Å². The van der Waals surface area contributed by atoms with Gasteiger partial charge in [0, 0.05) is 25.2 Å². The first-order valence-corrected chi connectivity index (χ1v) is 6.81. The van der Waals surface area contributed by atoms with E-state index in [0.29, 0.717) is 10.8 Å². The summed E-state index contributed by atoms with van der Waals surface area (Å²) in [4.78, 5) is 3.89. The monoisotopic (exact) mass is 315 g/mol. The van der Waals surface area contributed by atoms with Gasteiger partial charge in [-0.15, -0.1) is 11.8 Å². The van der Waals surface area contributed by atoms with Crippen LogP contribution in [-0.4, -0.2) is 21.0 Å². The van der Waals surface area contributed by atoms with E-state index in [1.807, 2.05) is 0 Å². The van der Waals surface area contributed by atoms with Crippen molar-refractivity contribution in [1.29, 1.82) is 0 Å². The molecule has 9 heteroatoms. The summed E-state index contributed by atoms with van der Waals surface area (Å²) in [5.41, 5.74) is -0.164. The van der Waals surface area contributed by atoms with Crippen LogP contribution >= 0.6 is 11.8 Å². The maximum atomic E-state index is 12.9. The van der Waals surface area contributed by atoms with Crippen LogP contribution in [0, 0.1) is 0 Å². The van der Waals surface area contributed by atoms with Gasteiger partial charge < -0.3 is 5.84 Å². The fourth-order valence-electron chi connectivity index (χ4n) is 1.73. The fraction of sp³-hybridized carbons (Fsp3) is 0.250. The van der Waals surface area contributed by atoms with E-state index in [-0.39, 0.29) is 5.56 Å². The zero-order valence-corrected chi connectivity index (χ0v) is 11.8. The molecule has 5 nitrogen and oxygen atoms in total. The van der Waals surface area contributed by atoms with E-state index in [1.54, 1.807) is 24.5 Å². The van der Waals surface area contributed by atoms with Gasteiger partial charge in [0.05, 0.1) is 11.8 Å². The number of hydrazone groups is 1. The molecule has 112 valence electrons. The Balaban J connectivity index is 2.32. The molecule has 0 amide bonds. The molecule has 0 aromatic carbocycles. The average molecular weight is 315 g/mol. The van der Waals surface area contributed by atoms with Crippen LogP contribution in [0.15, 0.2) is 34.7 Å². The molecule has 2 aromatic heterocycles. The van der Waals surface area contributed by atoms with Gasteiger partial charge in [0.1, 0.15) is 5.03 Å². The van der Waals surface area contributed by atoms with Gasteiger partial charge in [-0.2, -0.15) is 23.4 Å². The van der Waals surface area contributed by atoms with Crippen LogP contribution < -0.4 is 5.84 Å². The highest BCUT2D eigenvalue weighted by molar-refractivity contribution is 7.98. The number of rotatable bonds is 4. The van der Waals surface area contributed by atoms with Crippen molar-refractivity contribution in [3.63, 3.8) is 0 Å². The number of hydrogen-bond donors (Lipinski definition) is 1. The number of nitrogens with zero attached hydrogens (tertiary/aromatic N) is 4. The van der Waals surface area contributed by atoms with E-state index in [9.17, 15) is 13.2 Å². The topological polar surface area (TPSA) is 69.1 Å². The van der Waals surface area contributed by atoms with Crippen LogP contribution in [0.25, 0.3) is 0 Å². The maximum Gasteiger partial charge on any atom is 0.435 e. The molecule has 0 aliphatic carbocycles. The minimum atomic E-state index is -4.55. The molecule has 2 heterocycles. The Morgan fingerprint density at radius 3 is 2.62 bits per heavy atom. The third-order valence-corrected chi connectivity index (χ3v) is 3.86. The summed E-state index contributed by atoms with van der Waals surface area (Å²) >= 11 is 1.23. The average Bonchev–Trinajstić information content (AvgIpc) is 2.75. The number of hydrogen-bond acceptors (Lipinski definition) is 5. The highest BCUT2D eigenvalue weighted by Crippen LogP contribution is 2.35. The number of pyridine rings is 1.